The van der Waals surface area contributed by atoms with Gasteiger partial charge in [0.25, 0.3) is 0 Å². The maximum atomic E-state index is 12.8. The van der Waals surface area contributed by atoms with Crippen LogP contribution in [0.25, 0.3) is 0 Å². The third-order valence-electron chi connectivity index (χ3n) is 11.0. The standard InChI is InChI=1S/C29H40O6/c1-18(30)34-24(32)35-23(19-12-16-33-17-19)29(8)15-10-21-27(6)13-11-22(31)25(2,3)20(27)9-14-28(21,7)26(29,4)5/h11-13,16-17,20-21,23H,9-10,14-15H2,1-8H3/t20?,21?,23-,27?,28?,29-/m0/s1. The van der Waals surface area contributed by atoms with E-state index >= 15 is 0 Å². The van der Waals surface area contributed by atoms with Gasteiger partial charge in [-0.2, -0.15) is 0 Å². The number of ketones is 1. The first kappa shape index (κ1) is 25.7. The van der Waals surface area contributed by atoms with Crippen LogP contribution < -0.4 is 0 Å². The van der Waals surface area contributed by atoms with Crippen molar-refractivity contribution < 1.29 is 28.3 Å². The van der Waals surface area contributed by atoms with Crippen molar-refractivity contribution in [1.29, 1.82) is 0 Å². The molecule has 0 aromatic carbocycles. The molecule has 35 heavy (non-hydrogen) atoms. The highest BCUT2D eigenvalue weighted by Gasteiger charge is 2.69. The molecule has 6 atom stereocenters. The third-order valence-corrected chi connectivity index (χ3v) is 11.0. The number of furan rings is 1. The van der Waals surface area contributed by atoms with Crippen LogP contribution in [0.4, 0.5) is 4.79 Å². The van der Waals surface area contributed by atoms with Gasteiger partial charge in [-0.15, -0.1) is 0 Å². The van der Waals surface area contributed by atoms with Crippen molar-refractivity contribution >= 4 is 17.9 Å². The Balaban J connectivity index is 1.77. The van der Waals surface area contributed by atoms with E-state index in [1.807, 2.05) is 12.1 Å². The van der Waals surface area contributed by atoms with Gasteiger partial charge < -0.3 is 13.9 Å². The highest BCUT2D eigenvalue weighted by molar-refractivity contribution is 5.95. The molecule has 0 N–H and O–H groups in total. The van der Waals surface area contributed by atoms with E-state index < -0.39 is 23.6 Å². The Hall–Kier alpha value is -2.37. The van der Waals surface area contributed by atoms with Crippen molar-refractivity contribution in [3.8, 4) is 0 Å². The summed E-state index contributed by atoms with van der Waals surface area (Å²) in [6.45, 7) is 16.9. The normalized spacial score (nSPS) is 38.1. The molecule has 0 aliphatic heterocycles. The van der Waals surface area contributed by atoms with Crippen molar-refractivity contribution in [2.24, 2.45) is 38.9 Å². The summed E-state index contributed by atoms with van der Waals surface area (Å²) in [6, 6.07) is 1.82. The topological polar surface area (TPSA) is 82.8 Å². The Morgan fingerprint density at radius 3 is 2.29 bits per heavy atom. The molecule has 192 valence electrons. The summed E-state index contributed by atoms with van der Waals surface area (Å²) in [7, 11) is 0. The van der Waals surface area contributed by atoms with E-state index in [9.17, 15) is 14.4 Å². The van der Waals surface area contributed by atoms with Crippen LogP contribution in [-0.2, 0) is 19.1 Å². The number of ether oxygens (including phenoxy) is 2. The van der Waals surface area contributed by atoms with Gasteiger partial charge in [-0.3, -0.25) is 9.59 Å². The molecule has 3 aliphatic carbocycles. The Labute approximate surface area is 208 Å². The molecule has 0 radical (unpaired) electrons. The summed E-state index contributed by atoms with van der Waals surface area (Å²) < 4.78 is 16.0. The van der Waals surface area contributed by atoms with Gasteiger partial charge in [0.2, 0.25) is 0 Å². The Kier molecular flexibility index (Phi) is 5.93. The molecule has 1 heterocycles. The van der Waals surface area contributed by atoms with Crippen LogP contribution in [0.1, 0.15) is 92.7 Å². The number of hydrogen-bond acceptors (Lipinski definition) is 6. The molecule has 2 saturated carbocycles. The second kappa shape index (κ2) is 8.07. The van der Waals surface area contributed by atoms with Gasteiger partial charge in [0.05, 0.1) is 12.5 Å². The number of fused-ring (bicyclic) bond motifs is 3. The lowest BCUT2D eigenvalue weighted by molar-refractivity contribution is -0.227. The lowest BCUT2D eigenvalue weighted by Gasteiger charge is -2.70. The van der Waals surface area contributed by atoms with Crippen molar-refractivity contribution in [2.45, 2.75) is 87.2 Å². The lowest BCUT2D eigenvalue weighted by Crippen LogP contribution is -2.65. The molecule has 4 rings (SSSR count). The smallest absolute Gasteiger partial charge is 0.472 e. The number of rotatable bonds is 3. The zero-order valence-corrected chi connectivity index (χ0v) is 22.4. The average molecular weight is 485 g/mol. The predicted octanol–water partition coefficient (Wildman–Crippen LogP) is 7.05. The minimum absolute atomic E-state index is 0.0815. The van der Waals surface area contributed by atoms with Gasteiger partial charge >= 0.3 is 12.1 Å². The second-order valence-corrected chi connectivity index (χ2v) is 12.8. The van der Waals surface area contributed by atoms with Crippen LogP contribution in [0.2, 0.25) is 0 Å². The van der Waals surface area contributed by atoms with Gasteiger partial charge in [-0.1, -0.05) is 54.5 Å². The summed E-state index contributed by atoms with van der Waals surface area (Å²) in [5, 5.41) is 0. The molecule has 3 aliphatic rings. The first-order valence-corrected chi connectivity index (χ1v) is 12.8. The number of hydrogen-bond donors (Lipinski definition) is 0. The lowest BCUT2D eigenvalue weighted by atomic mass is 9.34. The van der Waals surface area contributed by atoms with Crippen LogP contribution in [0.3, 0.4) is 0 Å². The van der Waals surface area contributed by atoms with E-state index in [-0.39, 0.29) is 33.4 Å². The SMILES string of the molecule is CC(=O)OC(=O)O[C@@H](c1ccoc1)[C@]1(C)CCC2C3(C)C=CC(=O)C(C)(C)C3CCC2(C)C1(C)C. The maximum absolute atomic E-state index is 12.8. The largest absolute Gasteiger partial charge is 0.516 e. The zero-order valence-electron chi connectivity index (χ0n) is 22.4. The Morgan fingerprint density at radius 1 is 1.03 bits per heavy atom. The minimum Gasteiger partial charge on any atom is -0.472 e. The molecule has 1 aromatic heterocycles. The minimum atomic E-state index is -0.987. The van der Waals surface area contributed by atoms with Crippen molar-refractivity contribution in [3.63, 3.8) is 0 Å². The van der Waals surface area contributed by atoms with E-state index in [1.165, 1.54) is 6.92 Å². The maximum Gasteiger partial charge on any atom is 0.516 e. The van der Waals surface area contributed by atoms with E-state index in [0.29, 0.717) is 5.92 Å². The highest BCUT2D eigenvalue weighted by Crippen LogP contribution is 2.74. The fourth-order valence-electron chi connectivity index (χ4n) is 8.34. The fraction of sp³-hybridized carbons (Fsp3) is 0.690. The molecular formula is C29H40O6. The molecule has 1 aromatic rings. The van der Waals surface area contributed by atoms with Crippen molar-refractivity contribution in [1.82, 2.24) is 0 Å². The Morgan fingerprint density at radius 2 is 1.69 bits per heavy atom. The number of carbonyl (C=O) groups excluding carboxylic acids is 3. The molecule has 0 spiro atoms. The summed E-state index contributed by atoms with van der Waals surface area (Å²) in [5.74, 6) is 0.182. The highest BCUT2D eigenvalue weighted by atomic mass is 16.7. The van der Waals surface area contributed by atoms with Crippen LogP contribution in [0.15, 0.2) is 35.2 Å². The van der Waals surface area contributed by atoms with E-state index in [4.69, 9.17) is 13.9 Å². The second-order valence-electron chi connectivity index (χ2n) is 12.8. The van der Waals surface area contributed by atoms with Gasteiger partial charge in [-0.25, -0.2) is 4.79 Å². The predicted molar refractivity (Wildman–Crippen MR) is 131 cm³/mol. The Bertz CT molecular complexity index is 1050. The third kappa shape index (κ3) is 3.54. The molecule has 0 amide bonds. The summed E-state index contributed by atoms with van der Waals surface area (Å²) in [6.07, 6.45) is 9.29. The molecule has 4 unspecified atom stereocenters. The van der Waals surface area contributed by atoms with E-state index in [0.717, 1.165) is 31.2 Å². The molecule has 0 saturated heterocycles. The van der Waals surface area contributed by atoms with Gasteiger partial charge in [0.15, 0.2) is 5.78 Å². The molecule has 6 nitrogen and oxygen atoms in total. The molecule has 2 fully saturated rings. The van der Waals surface area contributed by atoms with Gasteiger partial charge in [0.1, 0.15) is 6.10 Å². The number of allylic oxidation sites excluding steroid dienone is 2. The number of esters is 1. The number of carbonyl (C=O) groups is 3. The van der Waals surface area contributed by atoms with Crippen molar-refractivity contribution in [3.05, 3.63) is 36.3 Å². The van der Waals surface area contributed by atoms with Gasteiger partial charge in [-0.05, 0) is 65.9 Å². The van der Waals surface area contributed by atoms with E-state index in [2.05, 4.69) is 54.5 Å². The fourth-order valence-corrected chi connectivity index (χ4v) is 8.34. The first-order valence-electron chi connectivity index (χ1n) is 12.8. The van der Waals surface area contributed by atoms with Crippen LogP contribution in [-0.4, -0.2) is 17.9 Å². The van der Waals surface area contributed by atoms with E-state index in [1.54, 1.807) is 12.5 Å². The quantitative estimate of drug-likeness (QED) is 0.338. The molecular weight excluding hydrogens is 444 g/mol. The molecule has 0 bridgehead atoms. The van der Waals surface area contributed by atoms with Gasteiger partial charge in [0, 0.05) is 23.3 Å². The summed E-state index contributed by atoms with van der Waals surface area (Å²) in [5.41, 5.74) is -0.522. The summed E-state index contributed by atoms with van der Waals surface area (Å²) >= 11 is 0. The molecule has 6 heteroatoms. The first-order chi connectivity index (χ1) is 16.1. The average Bonchev–Trinajstić information content (AvgIpc) is 3.27. The van der Waals surface area contributed by atoms with Crippen LogP contribution in [0, 0.1) is 38.9 Å². The zero-order chi connectivity index (χ0) is 26.0. The summed E-state index contributed by atoms with van der Waals surface area (Å²) in [4.78, 5) is 36.7. The van der Waals surface area contributed by atoms with Crippen molar-refractivity contribution in [2.75, 3.05) is 0 Å². The monoisotopic (exact) mass is 484 g/mol. The van der Waals surface area contributed by atoms with Crippen LogP contribution >= 0.6 is 0 Å². The van der Waals surface area contributed by atoms with Crippen LogP contribution in [0.5, 0.6) is 0 Å².